The first-order chi connectivity index (χ1) is 12.0. The zero-order chi connectivity index (χ0) is 17.6. The van der Waals surface area contributed by atoms with Crippen LogP contribution in [-0.2, 0) is 16.6 Å². The molecule has 1 aliphatic heterocycles. The van der Waals surface area contributed by atoms with Crippen LogP contribution in [0.3, 0.4) is 0 Å². The summed E-state index contributed by atoms with van der Waals surface area (Å²) in [4.78, 5) is 2.21. The van der Waals surface area contributed by atoms with Crippen LogP contribution in [0.5, 0.6) is 0 Å². The number of rotatable bonds is 5. The third-order valence-corrected chi connectivity index (χ3v) is 6.88. The monoisotopic (exact) mass is 367 g/mol. The molecule has 1 aromatic rings. The molecule has 25 heavy (non-hydrogen) atoms. The summed E-state index contributed by atoms with van der Waals surface area (Å²) in [6.45, 7) is 4.60. The Hall–Kier alpha value is -1.15. The average Bonchev–Trinajstić information content (AvgIpc) is 3.14. The van der Waals surface area contributed by atoms with Crippen molar-refractivity contribution < 1.29 is 8.42 Å². The summed E-state index contributed by atoms with van der Waals surface area (Å²) in [7, 11) is -3.18. The number of aromatic nitrogens is 3. The van der Waals surface area contributed by atoms with E-state index in [9.17, 15) is 8.42 Å². The summed E-state index contributed by atoms with van der Waals surface area (Å²) in [6.07, 6.45) is 8.47. The molecular formula is C17H29N5O2S. The highest BCUT2D eigenvalue weighted by molar-refractivity contribution is 7.88. The molecule has 4 rings (SSSR count). The van der Waals surface area contributed by atoms with Crippen LogP contribution in [0.4, 0.5) is 5.95 Å². The molecule has 2 aliphatic carbocycles. The van der Waals surface area contributed by atoms with Gasteiger partial charge in [0.15, 0.2) is 0 Å². The fourth-order valence-corrected chi connectivity index (χ4v) is 5.82. The second-order valence-corrected chi connectivity index (χ2v) is 9.70. The van der Waals surface area contributed by atoms with Crippen LogP contribution >= 0.6 is 0 Å². The SMILES string of the molecule is CCn1c(C2C3CCCCC32)nnc1N1CCCC(NS(C)(=O)=O)C1. The van der Waals surface area contributed by atoms with Crippen molar-refractivity contribution in [1.29, 1.82) is 0 Å². The van der Waals surface area contributed by atoms with Crippen molar-refractivity contribution in [2.45, 2.75) is 64.0 Å². The van der Waals surface area contributed by atoms with Gasteiger partial charge in [-0.05, 0) is 44.4 Å². The summed E-state index contributed by atoms with van der Waals surface area (Å²) in [5, 5.41) is 9.10. The Morgan fingerprint density at radius 2 is 1.84 bits per heavy atom. The summed E-state index contributed by atoms with van der Waals surface area (Å²) in [6, 6.07) is -0.0438. The van der Waals surface area contributed by atoms with E-state index in [2.05, 4.69) is 31.3 Å². The molecule has 0 radical (unpaired) electrons. The summed E-state index contributed by atoms with van der Waals surface area (Å²) >= 11 is 0. The summed E-state index contributed by atoms with van der Waals surface area (Å²) < 4.78 is 28.1. The van der Waals surface area contributed by atoms with Crippen molar-refractivity contribution in [2.75, 3.05) is 24.2 Å². The van der Waals surface area contributed by atoms with Crippen LogP contribution in [0.15, 0.2) is 0 Å². The lowest BCUT2D eigenvalue weighted by molar-refractivity contribution is 0.458. The number of hydrogen-bond acceptors (Lipinski definition) is 5. The minimum absolute atomic E-state index is 0.0438. The molecule has 1 saturated heterocycles. The van der Waals surface area contributed by atoms with Gasteiger partial charge in [0, 0.05) is 31.6 Å². The molecule has 1 aromatic heterocycles. The Labute approximate surface area is 150 Å². The van der Waals surface area contributed by atoms with Crippen LogP contribution in [0, 0.1) is 11.8 Å². The van der Waals surface area contributed by atoms with Gasteiger partial charge in [0.05, 0.1) is 6.26 Å². The van der Waals surface area contributed by atoms with E-state index < -0.39 is 10.0 Å². The maximum absolute atomic E-state index is 11.5. The first kappa shape index (κ1) is 17.3. The van der Waals surface area contributed by atoms with Crippen LogP contribution in [0.25, 0.3) is 0 Å². The number of nitrogens with one attached hydrogen (secondary N) is 1. The Balaban J connectivity index is 1.52. The van der Waals surface area contributed by atoms with Gasteiger partial charge in [-0.3, -0.25) is 4.57 Å². The Bertz CT molecular complexity index is 719. The number of sulfonamides is 1. The molecule has 7 nitrogen and oxygen atoms in total. The standard InChI is InChI=1S/C17H29N5O2S/c1-3-22-16(15-13-8-4-5-9-14(13)15)18-19-17(22)21-10-6-7-12(11-21)20-25(2,23)24/h12-15,20H,3-11H2,1-2H3. The van der Waals surface area contributed by atoms with Gasteiger partial charge in [-0.25, -0.2) is 13.1 Å². The van der Waals surface area contributed by atoms with Crippen molar-refractivity contribution in [1.82, 2.24) is 19.5 Å². The van der Waals surface area contributed by atoms with Crippen molar-refractivity contribution in [2.24, 2.45) is 11.8 Å². The van der Waals surface area contributed by atoms with E-state index in [0.717, 1.165) is 49.5 Å². The Kier molecular flexibility index (Phi) is 4.52. The first-order valence-corrected chi connectivity index (χ1v) is 11.5. The second kappa shape index (κ2) is 6.54. The van der Waals surface area contributed by atoms with Crippen LogP contribution in [-0.4, -0.2) is 48.6 Å². The van der Waals surface area contributed by atoms with Crippen molar-refractivity contribution in [3.05, 3.63) is 5.82 Å². The molecule has 8 heteroatoms. The molecule has 0 bridgehead atoms. The number of piperidine rings is 1. The molecule has 0 amide bonds. The Morgan fingerprint density at radius 3 is 2.48 bits per heavy atom. The molecule has 1 N–H and O–H groups in total. The quantitative estimate of drug-likeness (QED) is 0.857. The van der Waals surface area contributed by atoms with E-state index in [0.29, 0.717) is 12.5 Å². The van der Waals surface area contributed by atoms with Crippen molar-refractivity contribution >= 4 is 16.0 Å². The lowest BCUT2D eigenvalue weighted by Gasteiger charge is -2.33. The molecule has 3 atom stereocenters. The van der Waals surface area contributed by atoms with Gasteiger partial charge in [-0.15, -0.1) is 10.2 Å². The molecule has 3 fully saturated rings. The zero-order valence-electron chi connectivity index (χ0n) is 15.2. The number of nitrogens with zero attached hydrogens (tertiary/aromatic N) is 4. The number of hydrogen-bond donors (Lipinski definition) is 1. The zero-order valence-corrected chi connectivity index (χ0v) is 16.0. The lowest BCUT2D eigenvalue weighted by atomic mass is 10.0. The van der Waals surface area contributed by atoms with Crippen LogP contribution in [0.1, 0.15) is 57.2 Å². The lowest BCUT2D eigenvalue weighted by Crippen LogP contribution is -2.48. The van der Waals surface area contributed by atoms with Gasteiger partial charge in [0.25, 0.3) is 0 Å². The summed E-state index contributed by atoms with van der Waals surface area (Å²) in [5.41, 5.74) is 0. The largest absolute Gasteiger partial charge is 0.339 e. The molecule has 0 spiro atoms. The minimum atomic E-state index is -3.18. The highest BCUT2D eigenvalue weighted by atomic mass is 32.2. The maximum atomic E-state index is 11.5. The maximum Gasteiger partial charge on any atom is 0.227 e. The van der Waals surface area contributed by atoms with E-state index in [4.69, 9.17) is 0 Å². The number of fused-ring (bicyclic) bond motifs is 1. The fourth-order valence-electron chi connectivity index (χ4n) is 5.02. The van der Waals surface area contributed by atoms with Crippen molar-refractivity contribution in [3.8, 4) is 0 Å². The average molecular weight is 368 g/mol. The highest BCUT2D eigenvalue weighted by Gasteiger charge is 2.54. The molecule has 140 valence electrons. The van der Waals surface area contributed by atoms with Gasteiger partial charge in [-0.2, -0.15) is 0 Å². The van der Waals surface area contributed by atoms with E-state index >= 15 is 0 Å². The fraction of sp³-hybridized carbons (Fsp3) is 0.882. The third kappa shape index (κ3) is 3.43. The second-order valence-electron chi connectivity index (χ2n) is 7.92. The molecular weight excluding hydrogens is 338 g/mol. The van der Waals surface area contributed by atoms with E-state index in [-0.39, 0.29) is 6.04 Å². The highest BCUT2D eigenvalue weighted by Crippen LogP contribution is 2.60. The molecule has 3 unspecified atom stereocenters. The normalized spacial score (nSPS) is 32.5. The van der Waals surface area contributed by atoms with Gasteiger partial charge in [-0.1, -0.05) is 12.8 Å². The molecule has 2 heterocycles. The van der Waals surface area contributed by atoms with E-state index in [1.165, 1.54) is 31.9 Å². The first-order valence-electron chi connectivity index (χ1n) is 9.63. The predicted octanol–water partition coefficient (Wildman–Crippen LogP) is 1.72. The topological polar surface area (TPSA) is 80.1 Å². The van der Waals surface area contributed by atoms with Gasteiger partial charge < -0.3 is 4.90 Å². The van der Waals surface area contributed by atoms with E-state index in [1.54, 1.807) is 0 Å². The summed E-state index contributed by atoms with van der Waals surface area (Å²) in [5.74, 6) is 4.31. The minimum Gasteiger partial charge on any atom is -0.339 e. The molecule has 2 saturated carbocycles. The van der Waals surface area contributed by atoms with Crippen LogP contribution < -0.4 is 9.62 Å². The number of anilines is 1. The van der Waals surface area contributed by atoms with Gasteiger partial charge >= 0.3 is 0 Å². The van der Waals surface area contributed by atoms with E-state index in [1.807, 2.05) is 0 Å². The van der Waals surface area contributed by atoms with Gasteiger partial charge in [0.2, 0.25) is 16.0 Å². The molecule has 0 aromatic carbocycles. The smallest absolute Gasteiger partial charge is 0.227 e. The predicted molar refractivity (Wildman–Crippen MR) is 97.1 cm³/mol. The third-order valence-electron chi connectivity index (χ3n) is 6.12. The van der Waals surface area contributed by atoms with Gasteiger partial charge in [0.1, 0.15) is 5.82 Å². The van der Waals surface area contributed by atoms with Crippen LogP contribution in [0.2, 0.25) is 0 Å². The molecule has 3 aliphatic rings. The van der Waals surface area contributed by atoms with Crippen molar-refractivity contribution in [3.63, 3.8) is 0 Å². The Morgan fingerprint density at radius 1 is 1.12 bits per heavy atom.